The molecule has 0 aliphatic carbocycles. The van der Waals surface area contributed by atoms with Crippen LogP contribution in [0, 0.1) is 6.92 Å². The summed E-state index contributed by atoms with van der Waals surface area (Å²) in [6.07, 6.45) is 1.55. The molecular formula is C13H11Br2N3O. The van der Waals surface area contributed by atoms with Crippen LogP contribution in [0.4, 0.5) is 11.5 Å². The number of nitrogens with two attached hydrogens (primary N) is 1. The van der Waals surface area contributed by atoms with Gasteiger partial charge in [0, 0.05) is 20.8 Å². The van der Waals surface area contributed by atoms with Gasteiger partial charge < -0.3 is 11.1 Å². The van der Waals surface area contributed by atoms with Gasteiger partial charge in [0.25, 0.3) is 5.91 Å². The minimum Gasteiger partial charge on any atom is -0.383 e. The van der Waals surface area contributed by atoms with Gasteiger partial charge in [0.1, 0.15) is 5.82 Å². The summed E-state index contributed by atoms with van der Waals surface area (Å²) in [4.78, 5) is 16.1. The molecule has 1 amide bonds. The highest BCUT2D eigenvalue weighted by molar-refractivity contribution is 9.10. The van der Waals surface area contributed by atoms with E-state index < -0.39 is 0 Å². The predicted molar refractivity (Wildman–Crippen MR) is 83.2 cm³/mol. The molecule has 0 unspecified atom stereocenters. The van der Waals surface area contributed by atoms with E-state index in [-0.39, 0.29) is 11.7 Å². The van der Waals surface area contributed by atoms with Crippen LogP contribution in [0.15, 0.2) is 39.4 Å². The molecule has 0 radical (unpaired) electrons. The Hall–Kier alpha value is -1.40. The molecule has 0 fully saturated rings. The number of rotatable bonds is 2. The molecule has 0 bridgehead atoms. The van der Waals surface area contributed by atoms with Crippen LogP contribution >= 0.6 is 31.9 Å². The highest BCUT2D eigenvalue weighted by Gasteiger charge is 2.13. The molecule has 3 N–H and O–H groups in total. The molecule has 2 aromatic rings. The first-order valence-electron chi connectivity index (χ1n) is 5.46. The molecule has 98 valence electrons. The number of carbonyl (C=O) groups excluding carboxylic acids is 1. The number of benzene rings is 1. The summed E-state index contributed by atoms with van der Waals surface area (Å²) in [6, 6.07) is 7.25. The first kappa shape index (κ1) is 14.0. The lowest BCUT2D eigenvalue weighted by Crippen LogP contribution is -2.15. The minimum atomic E-state index is -0.285. The van der Waals surface area contributed by atoms with Gasteiger partial charge in [-0.05, 0) is 46.6 Å². The van der Waals surface area contributed by atoms with Gasteiger partial charge in [0.15, 0.2) is 0 Å². The van der Waals surface area contributed by atoms with E-state index in [4.69, 9.17) is 5.73 Å². The van der Waals surface area contributed by atoms with Crippen LogP contribution in [0.2, 0.25) is 0 Å². The third kappa shape index (κ3) is 3.13. The normalized spacial score (nSPS) is 10.3. The second kappa shape index (κ2) is 5.71. The zero-order valence-corrected chi connectivity index (χ0v) is 13.2. The van der Waals surface area contributed by atoms with Crippen molar-refractivity contribution < 1.29 is 4.79 Å². The molecule has 4 nitrogen and oxygen atoms in total. The average Bonchev–Trinajstić information content (AvgIpc) is 2.38. The summed E-state index contributed by atoms with van der Waals surface area (Å²) in [5.41, 5.74) is 7.74. The fourth-order valence-electron chi connectivity index (χ4n) is 1.56. The van der Waals surface area contributed by atoms with E-state index in [2.05, 4.69) is 42.2 Å². The number of nitrogens with one attached hydrogen (secondary N) is 1. The Kier molecular flexibility index (Phi) is 4.21. The van der Waals surface area contributed by atoms with Crippen LogP contribution in [0.5, 0.6) is 0 Å². The molecule has 0 saturated carbocycles. The van der Waals surface area contributed by atoms with Crippen molar-refractivity contribution in [3.05, 3.63) is 50.5 Å². The Labute approximate surface area is 127 Å². The fourth-order valence-corrected chi connectivity index (χ4v) is 2.26. The molecule has 0 atom stereocenters. The fraction of sp³-hybridized carbons (Fsp3) is 0.0769. The maximum absolute atomic E-state index is 12.2. The molecule has 0 saturated heterocycles. The second-order valence-electron chi connectivity index (χ2n) is 3.95. The standard InChI is InChI=1S/C13H11Br2N3O/c1-7-10(15)3-2-4-11(7)18-13(19)9-5-8(14)6-17-12(9)16/h2-6H,1H3,(H2,16,17)(H,18,19). The lowest BCUT2D eigenvalue weighted by Gasteiger charge is -2.10. The highest BCUT2D eigenvalue weighted by Crippen LogP contribution is 2.24. The summed E-state index contributed by atoms with van der Waals surface area (Å²) in [6.45, 7) is 1.92. The third-order valence-corrected chi connectivity index (χ3v) is 3.94. The van der Waals surface area contributed by atoms with Crippen molar-refractivity contribution >= 4 is 49.3 Å². The number of halogens is 2. The maximum Gasteiger partial charge on any atom is 0.259 e. The number of hydrogen-bond acceptors (Lipinski definition) is 3. The first-order chi connectivity index (χ1) is 8.99. The van der Waals surface area contributed by atoms with Gasteiger partial charge in [-0.1, -0.05) is 22.0 Å². The van der Waals surface area contributed by atoms with Gasteiger partial charge in [0.2, 0.25) is 0 Å². The SMILES string of the molecule is Cc1c(Br)cccc1NC(=O)c1cc(Br)cnc1N. The zero-order chi connectivity index (χ0) is 14.0. The van der Waals surface area contributed by atoms with Gasteiger partial charge in [-0.3, -0.25) is 4.79 Å². The van der Waals surface area contributed by atoms with Gasteiger partial charge in [-0.25, -0.2) is 4.98 Å². The number of nitrogen functional groups attached to an aromatic ring is 1. The molecule has 6 heteroatoms. The lowest BCUT2D eigenvalue weighted by atomic mass is 10.2. The van der Waals surface area contributed by atoms with Crippen molar-refractivity contribution in [2.75, 3.05) is 11.1 Å². The van der Waals surface area contributed by atoms with Crippen molar-refractivity contribution in [2.24, 2.45) is 0 Å². The van der Waals surface area contributed by atoms with Gasteiger partial charge in [0.05, 0.1) is 5.56 Å². The van der Waals surface area contributed by atoms with Crippen LogP contribution in [0.25, 0.3) is 0 Å². The molecule has 0 aliphatic heterocycles. The maximum atomic E-state index is 12.2. The summed E-state index contributed by atoms with van der Waals surface area (Å²) >= 11 is 6.69. The Balaban J connectivity index is 2.31. The molecular weight excluding hydrogens is 374 g/mol. The number of amides is 1. The molecule has 2 rings (SSSR count). The number of nitrogens with zero attached hydrogens (tertiary/aromatic N) is 1. The number of anilines is 2. The quantitative estimate of drug-likeness (QED) is 0.828. The molecule has 0 spiro atoms. The molecule has 1 aromatic heterocycles. The monoisotopic (exact) mass is 383 g/mol. The topological polar surface area (TPSA) is 68.0 Å². The minimum absolute atomic E-state index is 0.202. The van der Waals surface area contributed by atoms with Crippen molar-refractivity contribution in [1.82, 2.24) is 4.98 Å². The van der Waals surface area contributed by atoms with Crippen molar-refractivity contribution in [3.63, 3.8) is 0 Å². The number of pyridine rings is 1. The summed E-state index contributed by atoms with van der Waals surface area (Å²) in [7, 11) is 0. The Morgan fingerprint density at radius 3 is 2.84 bits per heavy atom. The van der Waals surface area contributed by atoms with Gasteiger partial charge in [-0.2, -0.15) is 0 Å². The van der Waals surface area contributed by atoms with E-state index in [0.29, 0.717) is 10.0 Å². The van der Waals surface area contributed by atoms with Crippen LogP contribution in [0.1, 0.15) is 15.9 Å². The molecule has 0 aliphatic rings. The lowest BCUT2D eigenvalue weighted by molar-refractivity contribution is 0.102. The van der Waals surface area contributed by atoms with E-state index in [9.17, 15) is 4.79 Å². The van der Waals surface area contributed by atoms with Crippen LogP contribution in [0.3, 0.4) is 0 Å². The number of aromatic nitrogens is 1. The number of carbonyl (C=O) groups is 1. The molecule has 1 heterocycles. The molecule has 19 heavy (non-hydrogen) atoms. The summed E-state index contributed by atoms with van der Waals surface area (Å²) < 4.78 is 1.64. The smallest absolute Gasteiger partial charge is 0.259 e. The summed E-state index contributed by atoms with van der Waals surface area (Å²) in [5, 5.41) is 2.83. The number of hydrogen-bond donors (Lipinski definition) is 2. The van der Waals surface area contributed by atoms with E-state index in [1.807, 2.05) is 25.1 Å². The van der Waals surface area contributed by atoms with Crippen LogP contribution in [-0.4, -0.2) is 10.9 Å². The third-order valence-electron chi connectivity index (χ3n) is 2.65. The van der Waals surface area contributed by atoms with Crippen LogP contribution in [-0.2, 0) is 0 Å². The van der Waals surface area contributed by atoms with E-state index in [1.165, 1.54) is 0 Å². The van der Waals surface area contributed by atoms with Gasteiger partial charge in [-0.15, -0.1) is 0 Å². The largest absolute Gasteiger partial charge is 0.383 e. The first-order valence-corrected chi connectivity index (χ1v) is 7.05. The predicted octanol–water partition coefficient (Wildman–Crippen LogP) is 3.75. The average molecular weight is 385 g/mol. The second-order valence-corrected chi connectivity index (χ2v) is 5.72. The highest BCUT2D eigenvalue weighted by atomic mass is 79.9. The summed E-state index contributed by atoms with van der Waals surface area (Å²) in [5.74, 6) is -0.0825. The van der Waals surface area contributed by atoms with Crippen molar-refractivity contribution in [1.29, 1.82) is 0 Å². The molecule has 1 aromatic carbocycles. The van der Waals surface area contributed by atoms with E-state index >= 15 is 0 Å². The Morgan fingerprint density at radius 1 is 1.37 bits per heavy atom. The Morgan fingerprint density at radius 2 is 2.11 bits per heavy atom. The van der Waals surface area contributed by atoms with Crippen molar-refractivity contribution in [2.45, 2.75) is 6.92 Å². The Bertz CT molecular complexity index is 644. The van der Waals surface area contributed by atoms with E-state index in [1.54, 1.807) is 12.3 Å². The van der Waals surface area contributed by atoms with Crippen LogP contribution < -0.4 is 11.1 Å². The van der Waals surface area contributed by atoms with E-state index in [0.717, 1.165) is 15.7 Å². The van der Waals surface area contributed by atoms with Gasteiger partial charge >= 0.3 is 0 Å². The van der Waals surface area contributed by atoms with Crippen molar-refractivity contribution in [3.8, 4) is 0 Å². The zero-order valence-electron chi connectivity index (χ0n) is 10.1.